The fourth-order valence-electron chi connectivity index (χ4n) is 4.59. The molecule has 184 valence electrons. The van der Waals surface area contributed by atoms with Gasteiger partial charge in [0, 0.05) is 28.6 Å². The molecule has 2 heterocycles. The van der Waals surface area contributed by atoms with E-state index in [1.54, 1.807) is 40.5 Å². The number of thiophene rings is 1. The molecule has 0 unspecified atom stereocenters. The van der Waals surface area contributed by atoms with Crippen LogP contribution in [-0.4, -0.2) is 47.9 Å². The lowest BCUT2D eigenvalue weighted by Crippen LogP contribution is -2.48. The number of ether oxygens (including phenoxy) is 1. The van der Waals surface area contributed by atoms with Crippen LogP contribution in [0, 0.1) is 13.8 Å². The second kappa shape index (κ2) is 11.3. The number of rotatable bonds is 8. The lowest BCUT2D eigenvalue weighted by atomic mass is 10.00. The van der Waals surface area contributed by atoms with Crippen molar-refractivity contribution in [2.75, 3.05) is 26.2 Å². The van der Waals surface area contributed by atoms with E-state index in [1.807, 2.05) is 30.9 Å². The molecule has 7 heteroatoms. The maximum absolute atomic E-state index is 13.6. The summed E-state index contributed by atoms with van der Waals surface area (Å²) in [7, 11) is 0. The SMILES string of the molecule is CCCN(CC(=O)N1CCc2sccc2[C@H]1COc1ccc(C)cc1C)C(=O)c1cccc(Cl)c1. The molecule has 5 nitrogen and oxygen atoms in total. The number of carbonyl (C=O) groups excluding carboxylic acids is 2. The molecule has 0 N–H and O–H groups in total. The van der Waals surface area contributed by atoms with Gasteiger partial charge in [0.1, 0.15) is 18.9 Å². The first-order valence-electron chi connectivity index (χ1n) is 12.0. The van der Waals surface area contributed by atoms with E-state index in [2.05, 4.69) is 24.4 Å². The summed E-state index contributed by atoms with van der Waals surface area (Å²) in [6.45, 7) is 7.60. The van der Waals surface area contributed by atoms with Gasteiger partial charge in [-0.25, -0.2) is 0 Å². The summed E-state index contributed by atoms with van der Waals surface area (Å²) in [5, 5.41) is 2.58. The smallest absolute Gasteiger partial charge is 0.254 e. The second-order valence-corrected chi connectivity index (χ2v) is 10.4. The molecule has 0 saturated carbocycles. The number of hydrogen-bond donors (Lipinski definition) is 0. The highest BCUT2D eigenvalue weighted by atomic mass is 35.5. The molecular weight excluding hydrogens is 480 g/mol. The van der Waals surface area contributed by atoms with Crippen LogP contribution in [0.15, 0.2) is 53.9 Å². The van der Waals surface area contributed by atoms with Crippen LogP contribution in [0.4, 0.5) is 0 Å². The molecule has 2 aromatic carbocycles. The van der Waals surface area contributed by atoms with Gasteiger partial charge in [0.15, 0.2) is 0 Å². The van der Waals surface area contributed by atoms with Crippen molar-refractivity contribution in [3.63, 3.8) is 0 Å². The van der Waals surface area contributed by atoms with E-state index >= 15 is 0 Å². The first-order chi connectivity index (χ1) is 16.9. The zero-order valence-electron chi connectivity index (χ0n) is 20.4. The Morgan fingerprint density at radius 2 is 2.00 bits per heavy atom. The number of benzene rings is 2. The van der Waals surface area contributed by atoms with E-state index in [0.29, 0.717) is 30.3 Å². The van der Waals surface area contributed by atoms with Crippen molar-refractivity contribution < 1.29 is 14.3 Å². The van der Waals surface area contributed by atoms with Crippen LogP contribution in [-0.2, 0) is 11.2 Å². The normalized spacial score (nSPS) is 15.0. The highest BCUT2D eigenvalue weighted by Crippen LogP contribution is 2.34. The number of halogens is 1. The predicted molar refractivity (Wildman–Crippen MR) is 142 cm³/mol. The third-order valence-corrected chi connectivity index (χ3v) is 7.55. The van der Waals surface area contributed by atoms with Gasteiger partial charge >= 0.3 is 0 Å². The van der Waals surface area contributed by atoms with Crippen molar-refractivity contribution in [1.29, 1.82) is 0 Å². The van der Waals surface area contributed by atoms with Crippen molar-refractivity contribution >= 4 is 34.8 Å². The molecule has 1 aliphatic rings. The number of fused-ring (bicyclic) bond motifs is 1. The standard InChI is InChI=1S/C28H31ClN2O3S/c1-4-12-30(28(33)21-6-5-7-22(29)16-21)17-27(32)31-13-10-26-23(11-14-35-26)24(31)18-34-25-9-8-19(2)15-20(25)3/h5-9,11,14-16,24H,4,10,12-13,17-18H2,1-3H3/t24-/m1/s1. The van der Waals surface area contributed by atoms with Crippen molar-refractivity contribution in [3.8, 4) is 5.75 Å². The number of nitrogens with zero attached hydrogens (tertiary/aromatic N) is 2. The van der Waals surface area contributed by atoms with Gasteiger partial charge in [0.2, 0.25) is 5.91 Å². The van der Waals surface area contributed by atoms with Gasteiger partial charge in [-0.15, -0.1) is 11.3 Å². The van der Waals surface area contributed by atoms with Crippen LogP contribution < -0.4 is 4.74 Å². The second-order valence-electron chi connectivity index (χ2n) is 8.97. The number of amides is 2. The molecule has 0 spiro atoms. The highest BCUT2D eigenvalue weighted by Gasteiger charge is 2.33. The molecule has 4 rings (SSSR count). The van der Waals surface area contributed by atoms with Crippen LogP contribution in [0.3, 0.4) is 0 Å². The summed E-state index contributed by atoms with van der Waals surface area (Å²) in [5.41, 5.74) is 3.89. The lowest BCUT2D eigenvalue weighted by molar-refractivity contribution is -0.135. The zero-order chi connectivity index (χ0) is 24.9. The summed E-state index contributed by atoms with van der Waals surface area (Å²) >= 11 is 7.83. The lowest BCUT2D eigenvalue weighted by Gasteiger charge is -2.37. The molecule has 3 aromatic rings. The van der Waals surface area contributed by atoms with Gasteiger partial charge in [0.05, 0.1) is 6.04 Å². The fourth-order valence-corrected chi connectivity index (χ4v) is 5.70. The Morgan fingerprint density at radius 3 is 2.74 bits per heavy atom. The van der Waals surface area contributed by atoms with Gasteiger partial charge in [0.25, 0.3) is 5.91 Å². The van der Waals surface area contributed by atoms with E-state index < -0.39 is 0 Å². The van der Waals surface area contributed by atoms with E-state index in [9.17, 15) is 9.59 Å². The van der Waals surface area contributed by atoms with Gasteiger partial charge in [-0.1, -0.05) is 42.3 Å². The van der Waals surface area contributed by atoms with Crippen LogP contribution in [0.5, 0.6) is 5.75 Å². The molecule has 1 aliphatic heterocycles. The van der Waals surface area contributed by atoms with Crippen molar-refractivity contribution in [3.05, 3.63) is 86.1 Å². The maximum Gasteiger partial charge on any atom is 0.254 e. The molecule has 1 aromatic heterocycles. The summed E-state index contributed by atoms with van der Waals surface area (Å²) in [4.78, 5) is 31.6. The molecule has 35 heavy (non-hydrogen) atoms. The van der Waals surface area contributed by atoms with Gasteiger partial charge in [-0.3, -0.25) is 9.59 Å². The third-order valence-electron chi connectivity index (χ3n) is 6.32. The molecule has 0 bridgehead atoms. The van der Waals surface area contributed by atoms with Crippen LogP contribution >= 0.6 is 22.9 Å². The minimum atomic E-state index is -0.192. The summed E-state index contributed by atoms with van der Waals surface area (Å²) in [6, 6.07) is 14.9. The molecule has 2 amide bonds. The van der Waals surface area contributed by atoms with Gasteiger partial charge in [-0.2, -0.15) is 0 Å². The number of hydrogen-bond acceptors (Lipinski definition) is 4. The molecule has 0 aliphatic carbocycles. The summed E-state index contributed by atoms with van der Waals surface area (Å²) in [6.07, 6.45) is 1.57. The summed E-state index contributed by atoms with van der Waals surface area (Å²) < 4.78 is 6.24. The minimum Gasteiger partial charge on any atom is -0.491 e. The molecule has 0 fully saturated rings. The average molecular weight is 511 g/mol. The molecule has 0 radical (unpaired) electrons. The van der Waals surface area contributed by atoms with E-state index in [-0.39, 0.29) is 24.4 Å². The Bertz CT molecular complexity index is 1210. The van der Waals surface area contributed by atoms with E-state index in [4.69, 9.17) is 16.3 Å². The minimum absolute atomic E-state index is 0.0265. The first-order valence-corrected chi connectivity index (χ1v) is 13.2. The Morgan fingerprint density at radius 1 is 1.17 bits per heavy atom. The van der Waals surface area contributed by atoms with Crippen LogP contribution in [0.1, 0.15) is 51.3 Å². The third kappa shape index (κ3) is 5.88. The quantitative estimate of drug-likeness (QED) is 0.369. The molecular formula is C28H31ClN2O3S. The average Bonchev–Trinajstić information content (AvgIpc) is 3.32. The van der Waals surface area contributed by atoms with Crippen molar-refractivity contribution in [2.24, 2.45) is 0 Å². The van der Waals surface area contributed by atoms with Gasteiger partial charge in [-0.05, 0) is 73.5 Å². The van der Waals surface area contributed by atoms with E-state index in [1.165, 1.54) is 10.4 Å². The monoisotopic (exact) mass is 510 g/mol. The molecule has 1 atom stereocenters. The predicted octanol–water partition coefficient (Wildman–Crippen LogP) is 6.08. The van der Waals surface area contributed by atoms with Crippen molar-refractivity contribution in [2.45, 2.75) is 39.7 Å². The first kappa shape index (κ1) is 25.3. The molecule has 0 saturated heterocycles. The Hall–Kier alpha value is -2.83. The number of carbonyl (C=O) groups is 2. The largest absolute Gasteiger partial charge is 0.491 e. The Balaban J connectivity index is 1.53. The Labute approximate surface area is 216 Å². The van der Waals surface area contributed by atoms with E-state index in [0.717, 1.165) is 29.7 Å². The van der Waals surface area contributed by atoms with Gasteiger partial charge < -0.3 is 14.5 Å². The van der Waals surface area contributed by atoms with Crippen LogP contribution in [0.25, 0.3) is 0 Å². The Kier molecular flexibility index (Phi) is 8.14. The zero-order valence-corrected chi connectivity index (χ0v) is 22.0. The number of aryl methyl sites for hydroxylation is 2. The van der Waals surface area contributed by atoms with Crippen LogP contribution in [0.2, 0.25) is 5.02 Å². The highest BCUT2D eigenvalue weighted by molar-refractivity contribution is 7.10. The maximum atomic E-state index is 13.6. The van der Waals surface area contributed by atoms with Crippen molar-refractivity contribution in [1.82, 2.24) is 9.80 Å². The fraction of sp³-hybridized carbons (Fsp3) is 0.357. The topological polar surface area (TPSA) is 49.9 Å². The summed E-state index contributed by atoms with van der Waals surface area (Å²) in [5.74, 6) is 0.577.